The van der Waals surface area contributed by atoms with Crippen molar-refractivity contribution in [1.29, 1.82) is 0 Å². The first kappa shape index (κ1) is 21.8. The van der Waals surface area contributed by atoms with Gasteiger partial charge in [-0.3, -0.25) is 14.2 Å². The number of thioether (sulfide) groups is 1. The van der Waals surface area contributed by atoms with Crippen molar-refractivity contribution in [3.05, 3.63) is 93.2 Å². The van der Waals surface area contributed by atoms with Gasteiger partial charge in [-0.05, 0) is 66.2 Å². The lowest BCUT2D eigenvalue weighted by atomic mass is 10.2. The highest BCUT2D eigenvalue weighted by Gasteiger charge is 2.14. The van der Waals surface area contributed by atoms with E-state index >= 15 is 0 Å². The Morgan fingerprint density at radius 2 is 1.81 bits per heavy atom. The Bertz CT molecular complexity index is 1350. The van der Waals surface area contributed by atoms with Crippen LogP contribution in [0.25, 0.3) is 16.6 Å². The molecule has 7 nitrogen and oxygen atoms in total. The molecule has 0 aliphatic carbocycles. The molecule has 0 aliphatic heterocycles. The van der Waals surface area contributed by atoms with Crippen LogP contribution >= 0.6 is 27.7 Å². The highest BCUT2D eigenvalue weighted by atomic mass is 79.9. The predicted molar refractivity (Wildman–Crippen MR) is 130 cm³/mol. The van der Waals surface area contributed by atoms with E-state index in [1.165, 1.54) is 22.9 Å². The van der Waals surface area contributed by atoms with Crippen LogP contribution in [-0.4, -0.2) is 32.5 Å². The van der Waals surface area contributed by atoms with E-state index in [4.69, 9.17) is 0 Å². The zero-order chi connectivity index (χ0) is 22.5. The number of phenolic OH excluding ortho intramolecular Hbond substituents is 1. The number of carbonyl (C=O) groups excluding carboxylic acids is 1. The van der Waals surface area contributed by atoms with Gasteiger partial charge in [0.15, 0.2) is 5.16 Å². The van der Waals surface area contributed by atoms with Crippen molar-refractivity contribution >= 4 is 50.7 Å². The van der Waals surface area contributed by atoms with Crippen molar-refractivity contribution in [3.63, 3.8) is 0 Å². The second-order valence-corrected chi connectivity index (χ2v) is 8.56. The highest BCUT2D eigenvalue weighted by molar-refractivity contribution is 9.10. The molecule has 4 rings (SSSR count). The highest BCUT2D eigenvalue weighted by Crippen LogP contribution is 2.22. The average molecular weight is 509 g/mol. The van der Waals surface area contributed by atoms with Crippen molar-refractivity contribution in [2.45, 2.75) is 5.16 Å². The minimum absolute atomic E-state index is 0.0220. The first-order chi connectivity index (χ1) is 15.5. The number of benzene rings is 3. The van der Waals surface area contributed by atoms with Gasteiger partial charge in [0, 0.05) is 4.47 Å². The van der Waals surface area contributed by atoms with Gasteiger partial charge in [0.25, 0.3) is 11.5 Å². The number of halogens is 1. The molecule has 0 atom stereocenters. The number of nitrogens with one attached hydrogen (secondary N) is 1. The van der Waals surface area contributed by atoms with Gasteiger partial charge in [-0.15, -0.1) is 0 Å². The molecule has 0 aliphatic rings. The SMILES string of the molecule is O=C(CSc1nc2ccccc2c(=O)n1-c1ccc(Br)cc1)N/N=C/c1ccc(O)cc1. The largest absolute Gasteiger partial charge is 0.508 e. The molecule has 0 radical (unpaired) electrons. The molecule has 9 heteroatoms. The number of fused-ring (bicyclic) bond motifs is 1. The van der Waals surface area contributed by atoms with Crippen LogP contribution in [-0.2, 0) is 4.79 Å². The van der Waals surface area contributed by atoms with Gasteiger partial charge >= 0.3 is 0 Å². The van der Waals surface area contributed by atoms with E-state index < -0.39 is 0 Å². The number of para-hydroxylation sites is 1. The van der Waals surface area contributed by atoms with Crippen LogP contribution in [0.2, 0.25) is 0 Å². The predicted octanol–water partition coefficient (Wildman–Crippen LogP) is 4.10. The van der Waals surface area contributed by atoms with Gasteiger partial charge < -0.3 is 5.11 Å². The summed E-state index contributed by atoms with van der Waals surface area (Å²) in [5, 5.41) is 14.1. The molecule has 3 aromatic carbocycles. The lowest BCUT2D eigenvalue weighted by Crippen LogP contribution is -2.24. The fraction of sp³-hybridized carbons (Fsp3) is 0.0435. The van der Waals surface area contributed by atoms with E-state index in [-0.39, 0.29) is 23.0 Å². The van der Waals surface area contributed by atoms with Crippen molar-refractivity contribution in [2.75, 3.05) is 5.75 Å². The number of hydrogen-bond donors (Lipinski definition) is 2. The molecule has 1 amide bonds. The quantitative estimate of drug-likeness (QED) is 0.177. The van der Waals surface area contributed by atoms with Crippen LogP contribution in [0.5, 0.6) is 5.75 Å². The maximum absolute atomic E-state index is 13.2. The summed E-state index contributed by atoms with van der Waals surface area (Å²) in [4.78, 5) is 30.1. The summed E-state index contributed by atoms with van der Waals surface area (Å²) in [7, 11) is 0. The van der Waals surface area contributed by atoms with Crippen LogP contribution in [0.15, 0.2) is 92.3 Å². The Morgan fingerprint density at radius 1 is 1.09 bits per heavy atom. The average Bonchev–Trinajstić information content (AvgIpc) is 2.80. The van der Waals surface area contributed by atoms with E-state index in [0.29, 0.717) is 21.7 Å². The van der Waals surface area contributed by atoms with Crippen LogP contribution in [0, 0.1) is 0 Å². The number of amides is 1. The summed E-state index contributed by atoms with van der Waals surface area (Å²) >= 11 is 4.55. The molecule has 1 heterocycles. The van der Waals surface area contributed by atoms with E-state index in [9.17, 15) is 14.7 Å². The Labute approximate surface area is 195 Å². The summed E-state index contributed by atoms with van der Waals surface area (Å²) in [6, 6.07) is 20.9. The molecule has 0 spiro atoms. The molecule has 0 bridgehead atoms. The second kappa shape index (κ2) is 9.80. The summed E-state index contributed by atoms with van der Waals surface area (Å²) in [6.45, 7) is 0. The first-order valence-electron chi connectivity index (χ1n) is 9.53. The maximum atomic E-state index is 13.2. The lowest BCUT2D eigenvalue weighted by molar-refractivity contribution is -0.118. The summed E-state index contributed by atoms with van der Waals surface area (Å²) in [5.74, 6) is -0.161. The zero-order valence-corrected chi connectivity index (χ0v) is 19.0. The second-order valence-electron chi connectivity index (χ2n) is 6.70. The topological polar surface area (TPSA) is 96.6 Å². The third-order valence-corrected chi connectivity index (χ3v) is 5.93. The molecule has 2 N–H and O–H groups in total. The maximum Gasteiger partial charge on any atom is 0.266 e. The molecule has 0 saturated carbocycles. The van der Waals surface area contributed by atoms with E-state index in [1.807, 2.05) is 30.3 Å². The number of nitrogens with zero attached hydrogens (tertiary/aromatic N) is 3. The van der Waals surface area contributed by atoms with E-state index in [2.05, 4.69) is 31.4 Å². The fourth-order valence-corrected chi connectivity index (χ4v) is 4.00. The van der Waals surface area contributed by atoms with E-state index in [1.54, 1.807) is 30.3 Å². The Kier molecular flexibility index (Phi) is 6.67. The Hall–Kier alpha value is -3.43. The van der Waals surface area contributed by atoms with Crippen LogP contribution in [0.4, 0.5) is 0 Å². The van der Waals surface area contributed by atoms with Crippen LogP contribution < -0.4 is 11.0 Å². The van der Waals surface area contributed by atoms with Gasteiger partial charge in [-0.25, -0.2) is 10.4 Å². The molecule has 160 valence electrons. The third kappa shape index (κ3) is 5.06. The first-order valence-corrected chi connectivity index (χ1v) is 11.3. The zero-order valence-electron chi connectivity index (χ0n) is 16.6. The Balaban J connectivity index is 1.56. The van der Waals surface area contributed by atoms with Crippen LogP contribution in [0.3, 0.4) is 0 Å². The van der Waals surface area contributed by atoms with Gasteiger partial charge in [0.2, 0.25) is 0 Å². The number of aromatic hydroxyl groups is 1. The molecular formula is C23H17BrN4O3S. The number of aromatic nitrogens is 2. The van der Waals surface area contributed by atoms with Crippen molar-refractivity contribution < 1.29 is 9.90 Å². The van der Waals surface area contributed by atoms with Gasteiger partial charge in [-0.1, -0.05) is 39.8 Å². The number of rotatable bonds is 6. The smallest absolute Gasteiger partial charge is 0.266 e. The van der Waals surface area contributed by atoms with E-state index in [0.717, 1.165) is 21.8 Å². The fourth-order valence-electron chi connectivity index (χ4n) is 2.93. The molecule has 0 saturated heterocycles. The lowest BCUT2D eigenvalue weighted by Gasteiger charge is -2.13. The summed E-state index contributed by atoms with van der Waals surface area (Å²) in [6.07, 6.45) is 1.48. The molecule has 1 aromatic heterocycles. The van der Waals surface area contributed by atoms with Gasteiger partial charge in [-0.2, -0.15) is 5.10 Å². The van der Waals surface area contributed by atoms with Crippen LogP contribution in [0.1, 0.15) is 5.56 Å². The summed E-state index contributed by atoms with van der Waals surface area (Å²) < 4.78 is 2.40. The minimum atomic E-state index is -0.338. The van der Waals surface area contributed by atoms with Crippen molar-refractivity contribution in [2.24, 2.45) is 5.10 Å². The molecular weight excluding hydrogens is 492 g/mol. The third-order valence-electron chi connectivity index (χ3n) is 4.46. The monoisotopic (exact) mass is 508 g/mol. The minimum Gasteiger partial charge on any atom is -0.508 e. The van der Waals surface area contributed by atoms with Crippen molar-refractivity contribution in [3.8, 4) is 11.4 Å². The molecule has 32 heavy (non-hydrogen) atoms. The Morgan fingerprint density at radius 3 is 2.56 bits per heavy atom. The molecule has 0 fully saturated rings. The van der Waals surface area contributed by atoms with Crippen molar-refractivity contribution in [1.82, 2.24) is 15.0 Å². The van der Waals surface area contributed by atoms with Gasteiger partial charge in [0.1, 0.15) is 5.75 Å². The number of carbonyl (C=O) groups is 1. The standard InChI is InChI=1S/C23H17BrN4O3S/c24-16-7-9-17(10-8-16)28-22(31)19-3-1-2-4-20(19)26-23(28)32-14-21(30)27-25-13-15-5-11-18(29)12-6-15/h1-13,29H,14H2,(H,27,30)/b25-13+. The van der Waals surface area contributed by atoms with Gasteiger partial charge in [0.05, 0.1) is 28.6 Å². The normalized spacial score (nSPS) is 11.2. The number of hydrogen-bond acceptors (Lipinski definition) is 6. The molecule has 0 unspecified atom stereocenters. The molecule has 4 aromatic rings. The number of hydrazone groups is 1. The number of phenols is 1. The summed E-state index contributed by atoms with van der Waals surface area (Å²) in [5.41, 5.74) is 4.22.